The molecule has 0 saturated carbocycles. The molecular formula is C23H23N7O2. The molecule has 0 radical (unpaired) electrons. The molecule has 1 atom stereocenters. The molecule has 2 N–H and O–H groups in total. The lowest BCUT2D eigenvalue weighted by Crippen LogP contribution is -2.34. The van der Waals surface area contributed by atoms with Gasteiger partial charge in [-0.15, -0.1) is 5.10 Å². The minimum atomic E-state index is -0.394. The van der Waals surface area contributed by atoms with Gasteiger partial charge in [0.1, 0.15) is 11.6 Å². The molecule has 0 fully saturated rings. The third-order valence-electron chi connectivity index (χ3n) is 5.22. The number of carbonyl (C=O) groups excluding carboxylic acids is 1. The fourth-order valence-electron chi connectivity index (χ4n) is 3.36. The molecule has 3 heterocycles. The number of hydrogen-bond donors (Lipinski definition) is 1. The van der Waals surface area contributed by atoms with Gasteiger partial charge in [0.15, 0.2) is 0 Å². The highest BCUT2D eigenvalue weighted by Gasteiger charge is 2.26. The van der Waals surface area contributed by atoms with Gasteiger partial charge in [0, 0.05) is 29.4 Å². The van der Waals surface area contributed by atoms with Crippen molar-refractivity contribution in [1.29, 1.82) is 0 Å². The molecule has 32 heavy (non-hydrogen) atoms. The lowest BCUT2D eigenvalue weighted by Gasteiger charge is -2.28. The number of rotatable bonds is 6. The van der Waals surface area contributed by atoms with E-state index in [1.54, 1.807) is 47.6 Å². The number of aromatic nitrogens is 5. The van der Waals surface area contributed by atoms with E-state index >= 15 is 0 Å². The van der Waals surface area contributed by atoms with Gasteiger partial charge in [0.25, 0.3) is 5.91 Å². The van der Waals surface area contributed by atoms with Crippen molar-refractivity contribution in [1.82, 2.24) is 30.0 Å². The fourth-order valence-corrected chi connectivity index (χ4v) is 3.36. The molecule has 0 aliphatic carbocycles. The first-order valence-electron chi connectivity index (χ1n) is 10.1. The number of nitrogen functional groups attached to an aromatic ring is 1. The molecule has 0 saturated heterocycles. The molecule has 0 aliphatic heterocycles. The Hall–Kier alpha value is -4.14. The first-order chi connectivity index (χ1) is 15.5. The molecule has 0 spiro atoms. The molecule has 1 aromatic carbocycles. The molecule has 4 rings (SSSR count). The normalized spacial score (nSPS) is 11.8. The number of hydrogen-bond acceptors (Lipinski definition) is 8. The smallest absolute Gasteiger partial charge is 0.254 e. The summed E-state index contributed by atoms with van der Waals surface area (Å²) >= 11 is 0. The third-order valence-corrected chi connectivity index (χ3v) is 5.22. The van der Waals surface area contributed by atoms with Gasteiger partial charge in [-0.2, -0.15) is 5.10 Å². The van der Waals surface area contributed by atoms with Crippen LogP contribution in [0.15, 0.2) is 54.9 Å². The Balaban J connectivity index is 1.71. The van der Waals surface area contributed by atoms with Crippen LogP contribution in [0.5, 0.6) is 5.88 Å². The van der Waals surface area contributed by atoms with E-state index in [9.17, 15) is 4.79 Å². The average Bonchev–Trinajstić information content (AvgIpc) is 2.83. The Labute approximate surface area is 185 Å². The van der Waals surface area contributed by atoms with Crippen molar-refractivity contribution in [2.24, 2.45) is 0 Å². The lowest BCUT2D eigenvalue weighted by molar-refractivity contribution is 0.0663. The number of nitrogens with two attached hydrogens (primary N) is 1. The zero-order chi connectivity index (χ0) is 22.7. The summed E-state index contributed by atoms with van der Waals surface area (Å²) < 4.78 is 5.08. The molecular weight excluding hydrogens is 406 g/mol. The highest BCUT2D eigenvalue weighted by atomic mass is 16.5. The van der Waals surface area contributed by atoms with E-state index in [1.807, 2.05) is 26.0 Å². The topological polar surface area (TPSA) is 120 Å². The summed E-state index contributed by atoms with van der Waals surface area (Å²) in [6, 6.07) is 12.1. The molecule has 3 aromatic heterocycles. The number of methoxy groups -OCH3 is 1. The summed E-state index contributed by atoms with van der Waals surface area (Å²) in [4.78, 5) is 28.4. The van der Waals surface area contributed by atoms with E-state index in [-0.39, 0.29) is 12.5 Å². The largest absolute Gasteiger partial charge is 0.480 e. The average molecular weight is 429 g/mol. The summed E-state index contributed by atoms with van der Waals surface area (Å²) in [6.45, 7) is 4.00. The van der Waals surface area contributed by atoms with Crippen LogP contribution >= 0.6 is 0 Å². The highest BCUT2D eigenvalue weighted by molar-refractivity contribution is 5.98. The molecule has 9 nitrogen and oxygen atoms in total. The van der Waals surface area contributed by atoms with Gasteiger partial charge in [-0.1, -0.05) is 0 Å². The Morgan fingerprint density at radius 3 is 2.59 bits per heavy atom. The van der Waals surface area contributed by atoms with Crippen LogP contribution in [-0.2, 0) is 6.54 Å². The van der Waals surface area contributed by atoms with Crippen LogP contribution < -0.4 is 10.5 Å². The van der Waals surface area contributed by atoms with Crippen molar-refractivity contribution in [3.63, 3.8) is 0 Å². The molecule has 9 heteroatoms. The van der Waals surface area contributed by atoms with E-state index < -0.39 is 6.04 Å². The fraction of sp³-hybridized carbons (Fsp3) is 0.217. The monoisotopic (exact) mass is 429 g/mol. The van der Waals surface area contributed by atoms with Gasteiger partial charge in [0.2, 0.25) is 5.88 Å². The number of nitrogens with zero attached hydrogens (tertiary/aromatic N) is 6. The third kappa shape index (κ3) is 4.31. The van der Waals surface area contributed by atoms with Crippen LogP contribution in [0.1, 0.15) is 40.4 Å². The molecule has 0 bridgehead atoms. The van der Waals surface area contributed by atoms with Crippen LogP contribution in [0.3, 0.4) is 0 Å². The zero-order valence-corrected chi connectivity index (χ0v) is 18.1. The zero-order valence-electron chi connectivity index (χ0n) is 18.1. The number of aryl methyl sites for hydroxylation is 1. The van der Waals surface area contributed by atoms with Crippen molar-refractivity contribution < 1.29 is 9.53 Å². The van der Waals surface area contributed by atoms with Crippen LogP contribution in [0, 0.1) is 6.92 Å². The Morgan fingerprint density at radius 2 is 1.91 bits per heavy atom. The van der Waals surface area contributed by atoms with Crippen LogP contribution in [0.4, 0.5) is 5.82 Å². The minimum Gasteiger partial charge on any atom is -0.480 e. The number of fused-ring (bicyclic) bond motifs is 1. The SMILES string of the molecule is COc1ccc(CN(C(=O)c2ccc3nc(N)c(C)cc3c2)[C@H](C)c2ncccn2)nn1. The van der Waals surface area contributed by atoms with E-state index in [0.29, 0.717) is 28.8 Å². The molecule has 162 valence electrons. The van der Waals surface area contributed by atoms with Crippen molar-refractivity contribution in [2.75, 3.05) is 12.8 Å². The van der Waals surface area contributed by atoms with Gasteiger partial charge in [-0.3, -0.25) is 4.79 Å². The van der Waals surface area contributed by atoms with Gasteiger partial charge >= 0.3 is 0 Å². The second kappa shape index (κ2) is 8.93. The maximum absolute atomic E-state index is 13.6. The van der Waals surface area contributed by atoms with E-state index in [2.05, 4.69) is 25.1 Å². The second-order valence-electron chi connectivity index (χ2n) is 7.38. The van der Waals surface area contributed by atoms with Crippen molar-refractivity contribution >= 4 is 22.6 Å². The first-order valence-corrected chi connectivity index (χ1v) is 10.1. The highest BCUT2D eigenvalue weighted by Crippen LogP contribution is 2.25. The molecule has 1 amide bonds. The van der Waals surface area contributed by atoms with Crippen molar-refractivity contribution in [3.05, 3.63) is 77.5 Å². The predicted octanol–water partition coefficient (Wildman–Crippen LogP) is 3.12. The van der Waals surface area contributed by atoms with E-state index in [1.165, 1.54) is 7.11 Å². The quantitative estimate of drug-likeness (QED) is 0.496. The van der Waals surface area contributed by atoms with Gasteiger partial charge in [0.05, 0.1) is 30.9 Å². The maximum atomic E-state index is 13.6. The van der Waals surface area contributed by atoms with Crippen molar-refractivity contribution in [3.8, 4) is 5.88 Å². The van der Waals surface area contributed by atoms with Crippen molar-refractivity contribution in [2.45, 2.75) is 26.4 Å². The number of amides is 1. The number of ether oxygens (including phenoxy) is 1. The number of carbonyl (C=O) groups is 1. The first kappa shape index (κ1) is 21.1. The maximum Gasteiger partial charge on any atom is 0.254 e. The van der Waals surface area contributed by atoms with Gasteiger partial charge in [-0.25, -0.2) is 15.0 Å². The Morgan fingerprint density at radius 1 is 1.12 bits per heavy atom. The standard InChI is InChI=1S/C23H23N7O2/c1-14-11-17-12-16(5-7-19(17)27-21(14)24)23(31)30(15(2)22-25-9-4-10-26-22)13-18-6-8-20(32-3)29-28-18/h4-12,15H,13H2,1-3H3,(H2,24,27)/t15-/m1/s1. The number of anilines is 1. The van der Waals surface area contributed by atoms with Crippen LogP contribution in [-0.4, -0.2) is 43.1 Å². The lowest BCUT2D eigenvalue weighted by atomic mass is 10.1. The summed E-state index contributed by atoms with van der Waals surface area (Å²) in [5.74, 6) is 1.24. The Kier molecular flexibility index (Phi) is 5.89. The predicted molar refractivity (Wildman–Crippen MR) is 120 cm³/mol. The van der Waals surface area contributed by atoms with E-state index in [4.69, 9.17) is 10.5 Å². The summed E-state index contributed by atoms with van der Waals surface area (Å²) in [7, 11) is 1.53. The van der Waals surface area contributed by atoms with Crippen LogP contribution in [0.2, 0.25) is 0 Å². The summed E-state index contributed by atoms with van der Waals surface area (Å²) in [6.07, 6.45) is 3.31. The number of pyridine rings is 1. The summed E-state index contributed by atoms with van der Waals surface area (Å²) in [5, 5.41) is 9.03. The van der Waals surface area contributed by atoms with Gasteiger partial charge < -0.3 is 15.4 Å². The Bertz CT molecular complexity index is 1250. The number of benzene rings is 1. The van der Waals surface area contributed by atoms with Crippen LogP contribution in [0.25, 0.3) is 10.9 Å². The molecule has 0 unspecified atom stereocenters. The molecule has 4 aromatic rings. The van der Waals surface area contributed by atoms with E-state index in [0.717, 1.165) is 16.5 Å². The molecule has 0 aliphatic rings. The second-order valence-corrected chi connectivity index (χ2v) is 7.38. The summed E-state index contributed by atoms with van der Waals surface area (Å²) in [5.41, 5.74) is 8.65. The minimum absolute atomic E-state index is 0.182. The van der Waals surface area contributed by atoms with Gasteiger partial charge in [-0.05, 0) is 55.8 Å².